The van der Waals surface area contributed by atoms with Gasteiger partial charge in [0.25, 0.3) is 5.91 Å². The van der Waals surface area contributed by atoms with Crippen LogP contribution in [-0.4, -0.2) is 27.6 Å². The number of nitrogens with two attached hydrogens (primary N) is 1. The van der Waals surface area contributed by atoms with Crippen LogP contribution in [-0.2, 0) is 0 Å². The van der Waals surface area contributed by atoms with Crippen LogP contribution in [0.3, 0.4) is 0 Å². The molecule has 0 radical (unpaired) electrons. The SMILES string of the molecule is CC.CNc1c(C(N)=O)cnn2cc(-c3ccncc3F)cc12. The topological polar surface area (TPSA) is 85.3 Å². The van der Waals surface area contributed by atoms with Gasteiger partial charge < -0.3 is 11.1 Å². The van der Waals surface area contributed by atoms with Gasteiger partial charge in [0.05, 0.1) is 29.2 Å². The number of pyridine rings is 1. The van der Waals surface area contributed by atoms with Crippen LogP contribution in [0.4, 0.5) is 10.1 Å². The molecule has 0 aliphatic carbocycles. The molecule has 0 unspecified atom stereocenters. The van der Waals surface area contributed by atoms with Crippen LogP contribution in [0, 0.1) is 5.82 Å². The van der Waals surface area contributed by atoms with E-state index in [4.69, 9.17) is 5.73 Å². The van der Waals surface area contributed by atoms with E-state index in [1.54, 1.807) is 29.9 Å². The third-order valence-electron chi connectivity index (χ3n) is 3.24. The van der Waals surface area contributed by atoms with Crippen molar-refractivity contribution in [2.24, 2.45) is 5.73 Å². The first-order chi connectivity index (χ1) is 11.1. The average Bonchev–Trinajstić information content (AvgIpc) is 2.99. The van der Waals surface area contributed by atoms with E-state index < -0.39 is 11.7 Å². The molecule has 7 heteroatoms. The molecule has 120 valence electrons. The number of rotatable bonds is 3. The van der Waals surface area contributed by atoms with Gasteiger partial charge in [0.15, 0.2) is 0 Å². The maximum Gasteiger partial charge on any atom is 0.252 e. The van der Waals surface area contributed by atoms with Crippen LogP contribution in [0.5, 0.6) is 0 Å². The minimum atomic E-state index is -0.577. The fraction of sp³-hybridized carbons (Fsp3) is 0.188. The van der Waals surface area contributed by atoms with E-state index in [-0.39, 0.29) is 5.56 Å². The number of nitrogens with one attached hydrogen (secondary N) is 1. The normalized spacial score (nSPS) is 10.1. The largest absolute Gasteiger partial charge is 0.386 e. The van der Waals surface area contributed by atoms with Gasteiger partial charge in [-0.05, 0) is 12.1 Å². The summed E-state index contributed by atoms with van der Waals surface area (Å²) < 4.78 is 15.4. The minimum absolute atomic E-state index is 0.282. The van der Waals surface area contributed by atoms with Crippen molar-refractivity contribution in [2.75, 3.05) is 12.4 Å². The number of amides is 1. The van der Waals surface area contributed by atoms with Crippen molar-refractivity contribution >= 4 is 17.1 Å². The number of hydrogen-bond donors (Lipinski definition) is 2. The summed E-state index contributed by atoms with van der Waals surface area (Å²) in [5.74, 6) is -0.998. The van der Waals surface area contributed by atoms with Crippen LogP contribution >= 0.6 is 0 Å². The van der Waals surface area contributed by atoms with Gasteiger partial charge in [-0.2, -0.15) is 5.10 Å². The Morgan fingerprint density at radius 2 is 2.09 bits per heavy atom. The predicted molar refractivity (Wildman–Crippen MR) is 87.8 cm³/mol. The van der Waals surface area contributed by atoms with Crippen LogP contribution in [0.2, 0.25) is 0 Å². The lowest BCUT2D eigenvalue weighted by molar-refractivity contribution is 0.100. The Bertz CT molecular complexity index is 844. The monoisotopic (exact) mass is 315 g/mol. The number of nitrogens with zero attached hydrogens (tertiary/aromatic N) is 3. The molecule has 3 aromatic heterocycles. The molecule has 0 bridgehead atoms. The van der Waals surface area contributed by atoms with Gasteiger partial charge in [-0.15, -0.1) is 0 Å². The quantitative estimate of drug-likeness (QED) is 0.778. The van der Waals surface area contributed by atoms with Crippen molar-refractivity contribution in [2.45, 2.75) is 13.8 Å². The van der Waals surface area contributed by atoms with Crippen LogP contribution in [0.1, 0.15) is 24.2 Å². The summed E-state index contributed by atoms with van der Waals surface area (Å²) in [7, 11) is 1.68. The molecule has 0 aromatic carbocycles. The van der Waals surface area contributed by atoms with Gasteiger partial charge in [0.1, 0.15) is 5.82 Å². The van der Waals surface area contributed by atoms with Crippen LogP contribution in [0.25, 0.3) is 16.6 Å². The van der Waals surface area contributed by atoms with Gasteiger partial charge in [0, 0.05) is 30.6 Å². The summed E-state index contributed by atoms with van der Waals surface area (Å²) >= 11 is 0. The van der Waals surface area contributed by atoms with E-state index in [1.807, 2.05) is 13.8 Å². The van der Waals surface area contributed by atoms with E-state index in [0.717, 1.165) is 6.20 Å². The third-order valence-corrected chi connectivity index (χ3v) is 3.24. The Balaban J connectivity index is 0.000000924. The predicted octanol–water partition coefficient (Wildman–Crippen LogP) is 2.70. The molecule has 23 heavy (non-hydrogen) atoms. The summed E-state index contributed by atoms with van der Waals surface area (Å²) in [6, 6.07) is 3.32. The molecule has 0 saturated heterocycles. The van der Waals surface area contributed by atoms with Gasteiger partial charge in [0.2, 0.25) is 0 Å². The summed E-state index contributed by atoms with van der Waals surface area (Å²) in [5, 5.41) is 7.06. The molecule has 0 aliphatic rings. The zero-order chi connectivity index (χ0) is 17.0. The number of anilines is 1. The van der Waals surface area contributed by atoms with Gasteiger partial charge in [-0.1, -0.05) is 13.8 Å². The van der Waals surface area contributed by atoms with E-state index in [0.29, 0.717) is 22.3 Å². The molecule has 0 fully saturated rings. The zero-order valence-electron chi connectivity index (χ0n) is 13.2. The van der Waals surface area contributed by atoms with Crippen molar-refractivity contribution < 1.29 is 9.18 Å². The number of halogens is 1. The zero-order valence-corrected chi connectivity index (χ0v) is 13.2. The number of aromatic nitrogens is 3. The Morgan fingerprint density at radius 3 is 2.70 bits per heavy atom. The average molecular weight is 315 g/mol. The van der Waals surface area contributed by atoms with E-state index in [9.17, 15) is 9.18 Å². The first-order valence-corrected chi connectivity index (χ1v) is 7.20. The Kier molecular flexibility index (Phi) is 4.90. The molecule has 0 aliphatic heterocycles. The van der Waals surface area contributed by atoms with Crippen molar-refractivity contribution in [1.82, 2.24) is 14.6 Å². The van der Waals surface area contributed by atoms with Gasteiger partial charge in [-0.25, -0.2) is 8.91 Å². The molecular weight excluding hydrogens is 297 g/mol. The number of carbonyl (C=O) groups excluding carboxylic acids is 1. The second-order valence-corrected chi connectivity index (χ2v) is 4.46. The van der Waals surface area contributed by atoms with E-state index in [1.165, 1.54) is 12.4 Å². The molecule has 3 N–H and O–H groups in total. The molecule has 6 nitrogen and oxygen atoms in total. The highest BCUT2D eigenvalue weighted by molar-refractivity contribution is 6.02. The van der Waals surface area contributed by atoms with E-state index in [2.05, 4.69) is 15.4 Å². The number of primary amides is 1. The lowest BCUT2D eigenvalue weighted by Gasteiger charge is -2.07. The summed E-state index contributed by atoms with van der Waals surface area (Å²) in [5.41, 5.74) is 7.86. The number of carbonyl (C=O) groups is 1. The molecule has 1 amide bonds. The third kappa shape index (κ3) is 2.98. The fourth-order valence-corrected chi connectivity index (χ4v) is 2.26. The maximum absolute atomic E-state index is 13.8. The fourth-order valence-electron chi connectivity index (χ4n) is 2.26. The summed E-state index contributed by atoms with van der Waals surface area (Å²) in [6.07, 6.45) is 5.73. The second kappa shape index (κ2) is 6.87. The molecule has 3 rings (SSSR count). The second-order valence-electron chi connectivity index (χ2n) is 4.46. The van der Waals surface area contributed by atoms with Crippen molar-refractivity contribution in [3.05, 3.63) is 48.3 Å². The molecule has 0 atom stereocenters. The standard InChI is InChI=1S/C14H12FN5O.C2H6/c1-17-13-10(14(16)21)5-19-20-7-8(4-12(13)20)9-2-3-18-6-11(9)15;1-2/h2-7,17H,1H3,(H2,16,21);1-2H3. The highest BCUT2D eigenvalue weighted by Gasteiger charge is 2.15. The Hall–Kier alpha value is -2.96. The Labute approximate surface area is 133 Å². The molecule has 3 aromatic rings. The van der Waals surface area contributed by atoms with Crippen molar-refractivity contribution in [3.8, 4) is 11.1 Å². The van der Waals surface area contributed by atoms with Gasteiger partial charge >= 0.3 is 0 Å². The Morgan fingerprint density at radius 1 is 1.35 bits per heavy atom. The molecule has 0 spiro atoms. The summed E-state index contributed by atoms with van der Waals surface area (Å²) in [4.78, 5) is 15.1. The first kappa shape index (κ1) is 16.4. The number of fused-ring (bicyclic) bond motifs is 1. The van der Waals surface area contributed by atoms with Crippen molar-refractivity contribution in [3.63, 3.8) is 0 Å². The summed E-state index contributed by atoms with van der Waals surface area (Å²) in [6.45, 7) is 4.00. The van der Waals surface area contributed by atoms with Gasteiger partial charge in [-0.3, -0.25) is 9.78 Å². The first-order valence-electron chi connectivity index (χ1n) is 7.20. The lowest BCUT2D eigenvalue weighted by atomic mass is 10.1. The van der Waals surface area contributed by atoms with Crippen LogP contribution in [0.15, 0.2) is 36.9 Å². The van der Waals surface area contributed by atoms with Crippen molar-refractivity contribution in [1.29, 1.82) is 0 Å². The molecule has 0 saturated carbocycles. The highest BCUT2D eigenvalue weighted by Crippen LogP contribution is 2.29. The minimum Gasteiger partial charge on any atom is -0.386 e. The smallest absolute Gasteiger partial charge is 0.252 e. The molecule has 3 heterocycles. The number of hydrogen-bond acceptors (Lipinski definition) is 4. The van der Waals surface area contributed by atoms with Crippen LogP contribution < -0.4 is 11.1 Å². The molecular formula is C16H18FN5O. The lowest BCUT2D eigenvalue weighted by Crippen LogP contribution is -2.15. The highest BCUT2D eigenvalue weighted by atomic mass is 19.1. The maximum atomic E-state index is 13.8. The van der Waals surface area contributed by atoms with E-state index >= 15 is 0 Å².